The van der Waals surface area contributed by atoms with Gasteiger partial charge in [-0.25, -0.2) is 4.79 Å². The van der Waals surface area contributed by atoms with Crippen molar-refractivity contribution in [1.29, 1.82) is 0 Å². The van der Waals surface area contributed by atoms with Crippen LogP contribution in [0.3, 0.4) is 0 Å². The number of carbonyl (C=O) groups is 2. The van der Waals surface area contributed by atoms with Crippen LogP contribution in [0.15, 0.2) is 0 Å². The predicted molar refractivity (Wildman–Crippen MR) is 53.1 cm³/mol. The van der Waals surface area contributed by atoms with Crippen molar-refractivity contribution in [1.82, 2.24) is 0 Å². The highest BCUT2D eigenvalue weighted by Gasteiger charge is 2.35. The Labute approximate surface area is 97.1 Å². The fraction of sp³-hybridized carbons (Fsp3) is 0.778. The largest absolute Gasteiger partial charge is 0.479 e. The lowest BCUT2D eigenvalue weighted by Crippen LogP contribution is -2.50. The first-order valence-electron chi connectivity index (χ1n) is 4.83. The summed E-state index contributed by atoms with van der Waals surface area (Å²) in [7, 11) is 0. The van der Waals surface area contributed by atoms with Crippen LogP contribution in [0.1, 0.15) is 6.92 Å². The number of aliphatic hydroxyl groups is 4. The highest BCUT2D eigenvalue weighted by atomic mass is 16.5. The predicted octanol–water partition coefficient (Wildman–Crippen LogP) is -2.88. The average molecular weight is 252 g/mol. The maximum absolute atomic E-state index is 10.5. The number of carboxylic acid groups (broad SMARTS) is 1. The van der Waals surface area contributed by atoms with Gasteiger partial charge < -0.3 is 35.1 Å². The Bertz CT molecular complexity index is 255. The van der Waals surface area contributed by atoms with E-state index in [2.05, 4.69) is 0 Å². The second kappa shape index (κ2) is 7.30. The Morgan fingerprint density at radius 1 is 1.35 bits per heavy atom. The van der Waals surface area contributed by atoms with E-state index >= 15 is 0 Å². The molecule has 100 valence electrons. The molecule has 0 aromatic carbocycles. The minimum absolute atomic E-state index is 0.0105. The molecular formula is C9H16O8. The SMILES string of the molecule is CC(O[C@H]([C@H](O)[C@@H](O)C=O)[C@H](O)CO)C(=O)O. The fourth-order valence-corrected chi connectivity index (χ4v) is 1.07. The van der Waals surface area contributed by atoms with Gasteiger partial charge in [-0.15, -0.1) is 0 Å². The molecular weight excluding hydrogens is 236 g/mol. The summed E-state index contributed by atoms with van der Waals surface area (Å²) >= 11 is 0. The van der Waals surface area contributed by atoms with Crippen LogP contribution < -0.4 is 0 Å². The summed E-state index contributed by atoms with van der Waals surface area (Å²) in [4.78, 5) is 20.8. The molecule has 0 aliphatic heterocycles. The molecule has 5 N–H and O–H groups in total. The summed E-state index contributed by atoms with van der Waals surface area (Å²) in [6, 6.07) is 0. The van der Waals surface area contributed by atoms with Crippen molar-refractivity contribution in [2.75, 3.05) is 6.61 Å². The lowest BCUT2D eigenvalue weighted by molar-refractivity contribution is -0.179. The second-order valence-corrected chi connectivity index (χ2v) is 3.45. The molecule has 0 amide bonds. The average Bonchev–Trinajstić information content (AvgIpc) is 2.32. The fourth-order valence-electron chi connectivity index (χ4n) is 1.07. The van der Waals surface area contributed by atoms with E-state index in [1.807, 2.05) is 0 Å². The van der Waals surface area contributed by atoms with Gasteiger partial charge in [0.25, 0.3) is 0 Å². The summed E-state index contributed by atoms with van der Waals surface area (Å²) in [5, 5.41) is 45.1. The van der Waals surface area contributed by atoms with Crippen LogP contribution in [0.2, 0.25) is 0 Å². The summed E-state index contributed by atoms with van der Waals surface area (Å²) in [5.41, 5.74) is 0. The molecule has 0 aliphatic rings. The van der Waals surface area contributed by atoms with Gasteiger partial charge in [-0.05, 0) is 6.92 Å². The molecule has 0 aromatic heterocycles. The highest BCUT2D eigenvalue weighted by molar-refractivity contribution is 5.71. The Balaban J connectivity index is 4.75. The highest BCUT2D eigenvalue weighted by Crippen LogP contribution is 2.11. The van der Waals surface area contributed by atoms with Crippen molar-refractivity contribution in [2.45, 2.75) is 37.4 Å². The summed E-state index contributed by atoms with van der Waals surface area (Å²) in [5.74, 6) is -1.35. The molecule has 17 heavy (non-hydrogen) atoms. The number of hydrogen-bond donors (Lipinski definition) is 5. The molecule has 8 nitrogen and oxygen atoms in total. The molecule has 0 aromatic rings. The Morgan fingerprint density at radius 2 is 1.88 bits per heavy atom. The second-order valence-electron chi connectivity index (χ2n) is 3.45. The first kappa shape index (κ1) is 15.9. The minimum atomic E-state index is -1.85. The van der Waals surface area contributed by atoms with Gasteiger partial charge in [-0.2, -0.15) is 0 Å². The number of carboxylic acids is 1. The van der Waals surface area contributed by atoms with E-state index in [1.165, 1.54) is 0 Å². The van der Waals surface area contributed by atoms with E-state index in [0.29, 0.717) is 0 Å². The first-order valence-corrected chi connectivity index (χ1v) is 4.83. The van der Waals surface area contributed by atoms with Gasteiger partial charge >= 0.3 is 5.97 Å². The van der Waals surface area contributed by atoms with Gasteiger partial charge in [-0.1, -0.05) is 0 Å². The number of aliphatic carboxylic acids is 1. The van der Waals surface area contributed by atoms with Gasteiger partial charge in [-0.3, -0.25) is 0 Å². The molecule has 0 bridgehead atoms. The maximum atomic E-state index is 10.5. The van der Waals surface area contributed by atoms with E-state index in [4.69, 9.17) is 20.1 Å². The van der Waals surface area contributed by atoms with Gasteiger partial charge in [0.2, 0.25) is 0 Å². The first-order chi connectivity index (χ1) is 7.84. The molecule has 5 atom stereocenters. The maximum Gasteiger partial charge on any atom is 0.332 e. The van der Waals surface area contributed by atoms with Crippen molar-refractivity contribution in [3.05, 3.63) is 0 Å². The Morgan fingerprint density at radius 3 is 2.24 bits per heavy atom. The lowest BCUT2D eigenvalue weighted by Gasteiger charge is -2.29. The number of rotatable bonds is 8. The van der Waals surface area contributed by atoms with Crippen molar-refractivity contribution >= 4 is 12.3 Å². The third-order valence-corrected chi connectivity index (χ3v) is 2.10. The zero-order valence-corrected chi connectivity index (χ0v) is 9.13. The molecule has 1 unspecified atom stereocenters. The van der Waals surface area contributed by atoms with Crippen LogP contribution in [0, 0.1) is 0 Å². The Hall–Kier alpha value is -1.06. The van der Waals surface area contributed by atoms with Crippen molar-refractivity contribution in [3.63, 3.8) is 0 Å². The molecule has 8 heteroatoms. The van der Waals surface area contributed by atoms with Crippen LogP contribution in [-0.4, -0.2) is 74.9 Å². The monoisotopic (exact) mass is 252 g/mol. The van der Waals surface area contributed by atoms with Crippen LogP contribution in [0.4, 0.5) is 0 Å². The van der Waals surface area contributed by atoms with E-state index in [-0.39, 0.29) is 6.29 Å². The lowest BCUT2D eigenvalue weighted by atomic mass is 10.0. The zero-order chi connectivity index (χ0) is 13.6. The van der Waals surface area contributed by atoms with Crippen molar-refractivity contribution < 1.29 is 39.9 Å². The van der Waals surface area contributed by atoms with Gasteiger partial charge in [0, 0.05) is 0 Å². The van der Waals surface area contributed by atoms with E-state index < -0.39 is 43.1 Å². The molecule has 0 aliphatic carbocycles. The van der Waals surface area contributed by atoms with Crippen LogP contribution in [0.25, 0.3) is 0 Å². The third kappa shape index (κ3) is 4.75. The van der Waals surface area contributed by atoms with Crippen molar-refractivity contribution in [2.24, 2.45) is 0 Å². The van der Waals surface area contributed by atoms with E-state index in [1.54, 1.807) is 0 Å². The molecule has 0 saturated carbocycles. The molecule has 0 fully saturated rings. The van der Waals surface area contributed by atoms with E-state index in [0.717, 1.165) is 6.92 Å². The number of carbonyl (C=O) groups excluding carboxylic acids is 1. The molecule has 0 radical (unpaired) electrons. The van der Waals surface area contributed by atoms with Crippen LogP contribution >= 0.6 is 0 Å². The summed E-state index contributed by atoms with van der Waals surface area (Å²) in [6.45, 7) is 0.319. The number of aliphatic hydroxyl groups excluding tert-OH is 4. The number of aldehydes is 1. The van der Waals surface area contributed by atoms with Gasteiger partial charge in [0.15, 0.2) is 12.4 Å². The van der Waals surface area contributed by atoms with Gasteiger partial charge in [0.05, 0.1) is 6.61 Å². The quantitative estimate of drug-likeness (QED) is 0.290. The summed E-state index contributed by atoms with van der Waals surface area (Å²) in [6.07, 6.45) is -8.27. The van der Waals surface area contributed by atoms with Gasteiger partial charge in [0.1, 0.15) is 24.4 Å². The van der Waals surface area contributed by atoms with Crippen LogP contribution in [-0.2, 0) is 14.3 Å². The van der Waals surface area contributed by atoms with E-state index in [9.17, 15) is 19.8 Å². The molecule has 0 heterocycles. The molecule has 0 rings (SSSR count). The Kier molecular flexibility index (Phi) is 6.85. The molecule has 0 spiro atoms. The normalized spacial score (nSPS) is 20.1. The van der Waals surface area contributed by atoms with Crippen LogP contribution in [0.5, 0.6) is 0 Å². The standard InChI is InChI=1S/C9H16O8/c1-4(9(15)16)17-8(6(13)3-11)7(14)5(12)2-10/h2,4-8,11-14H,3H2,1H3,(H,15,16)/t4?,5-,6+,7+,8-/m0/s1. The summed E-state index contributed by atoms with van der Waals surface area (Å²) < 4.78 is 4.77. The zero-order valence-electron chi connectivity index (χ0n) is 9.13. The number of ether oxygens (including phenoxy) is 1. The topological polar surface area (TPSA) is 145 Å². The van der Waals surface area contributed by atoms with Crippen molar-refractivity contribution in [3.8, 4) is 0 Å². The third-order valence-electron chi connectivity index (χ3n) is 2.10. The number of hydrogen-bond acceptors (Lipinski definition) is 7. The molecule has 0 saturated heterocycles. The minimum Gasteiger partial charge on any atom is -0.479 e. The smallest absolute Gasteiger partial charge is 0.332 e.